The van der Waals surface area contributed by atoms with Crippen LogP contribution in [0.25, 0.3) is 17.4 Å². The van der Waals surface area contributed by atoms with Crippen LogP contribution in [0.4, 0.5) is 0 Å². The summed E-state index contributed by atoms with van der Waals surface area (Å²) in [5.74, 6) is -0.0544. The minimum Gasteiger partial charge on any atom is -0.481 e. The van der Waals surface area contributed by atoms with Crippen LogP contribution < -0.4 is 0 Å². The van der Waals surface area contributed by atoms with Gasteiger partial charge in [-0.25, -0.2) is 0 Å². The summed E-state index contributed by atoms with van der Waals surface area (Å²) in [5.41, 5.74) is 0.788. The molecule has 150 valence electrons. The van der Waals surface area contributed by atoms with Gasteiger partial charge < -0.3 is 9.52 Å². The van der Waals surface area contributed by atoms with Gasteiger partial charge in [-0.05, 0) is 49.9 Å². The Morgan fingerprint density at radius 2 is 1.93 bits per heavy atom. The molecule has 0 unspecified atom stereocenters. The summed E-state index contributed by atoms with van der Waals surface area (Å²) in [4.78, 5) is 26.2. The number of carboxylic acid groups (broad SMARTS) is 1. The maximum atomic E-state index is 12.9. The minimum absolute atomic E-state index is 0.0423. The Labute approximate surface area is 182 Å². The average molecular weight is 448 g/mol. The van der Waals surface area contributed by atoms with Crippen LogP contribution >= 0.6 is 35.6 Å². The third-order valence-electron chi connectivity index (χ3n) is 5.27. The third kappa shape index (κ3) is 4.13. The fourth-order valence-corrected chi connectivity index (χ4v) is 5.35. The van der Waals surface area contributed by atoms with Crippen molar-refractivity contribution in [2.75, 3.05) is 0 Å². The molecule has 1 aromatic heterocycles. The van der Waals surface area contributed by atoms with Gasteiger partial charge in [0, 0.05) is 17.7 Å². The highest BCUT2D eigenvalue weighted by Crippen LogP contribution is 2.39. The van der Waals surface area contributed by atoms with E-state index < -0.39 is 5.97 Å². The number of rotatable bonds is 4. The summed E-state index contributed by atoms with van der Waals surface area (Å²) < 4.78 is 6.38. The summed E-state index contributed by atoms with van der Waals surface area (Å²) in [5, 5.41) is 9.76. The number of carbonyl (C=O) groups excluding carboxylic acids is 1. The Morgan fingerprint density at radius 3 is 2.62 bits per heavy atom. The van der Waals surface area contributed by atoms with E-state index in [1.165, 1.54) is 11.8 Å². The predicted octanol–water partition coefficient (Wildman–Crippen LogP) is 5.44. The van der Waals surface area contributed by atoms with E-state index in [9.17, 15) is 9.59 Å². The van der Waals surface area contributed by atoms with Crippen molar-refractivity contribution in [2.24, 2.45) is 5.92 Å². The van der Waals surface area contributed by atoms with Crippen molar-refractivity contribution in [3.63, 3.8) is 0 Å². The molecule has 1 saturated carbocycles. The molecular weight excluding hydrogens is 430 g/mol. The number of furan rings is 1. The number of nitrogens with zero attached hydrogens (tertiary/aromatic N) is 1. The van der Waals surface area contributed by atoms with Crippen LogP contribution in [0.3, 0.4) is 0 Å². The molecule has 2 fully saturated rings. The molecule has 8 heteroatoms. The van der Waals surface area contributed by atoms with Gasteiger partial charge in [-0.2, -0.15) is 0 Å². The quantitative estimate of drug-likeness (QED) is 0.496. The van der Waals surface area contributed by atoms with Crippen LogP contribution in [-0.4, -0.2) is 32.2 Å². The zero-order chi connectivity index (χ0) is 20.5. The topological polar surface area (TPSA) is 70.8 Å². The molecule has 5 nitrogen and oxygen atoms in total. The number of hydrogen-bond donors (Lipinski definition) is 1. The highest BCUT2D eigenvalue weighted by molar-refractivity contribution is 8.26. The number of aliphatic carboxylic acids is 1. The van der Waals surface area contributed by atoms with Crippen LogP contribution in [0.15, 0.2) is 45.7 Å². The molecule has 2 aromatic rings. The van der Waals surface area contributed by atoms with Gasteiger partial charge in [0.1, 0.15) is 15.8 Å². The van der Waals surface area contributed by atoms with Crippen LogP contribution in [-0.2, 0) is 9.59 Å². The standard InChI is InChI=1S/C21H18ClNO4S2/c22-16-4-2-1-3-15(16)17-10-9-14(27-17)11-18-19(24)23(21(28)29-18)13-7-5-12(6-8-13)20(25)26/h1-4,9-13H,5-8H2,(H,25,26)/b18-11+. The second kappa shape index (κ2) is 8.34. The lowest BCUT2D eigenvalue weighted by molar-refractivity contribution is -0.143. The summed E-state index contributed by atoms with van der Waals surface area (Å²) in [6.07, 6.45) is 4.12. The highest BCUT2D eigenvalue weighted by atomic mass is 35.5. The number of thioether (sulfide) groups is 1. The summed E-state index contributed by atoms with van der Waals surface area (Å²) >= 11 is 12.9. The summed E-state index contributed by atoms with van der Waals surface area (Å²) in [7, 11) is 0. The number of amides is 1. The van der Waals surface area contributed by atoms with Crippen molar-refractivity contribution in [3.8, 4) is 11.3 Å². The first-order valence-electron chi connectivity index (χ1n) is 9.28. The van der Waals surface area contributed by atoms with E-state index in [0.717, 1.165) is 5.56 Å². The molecule has 1 N–H and O–H groups in total. The summed E-state index contributed by atoms with van der Waals surface area (Å²) in [6.45, 7) is 0. The zero-order valence-electron chi connectivity index (χ0n) is 15.3. The first-order chi connectivity index (χ1) is 13.9. The molecule has 2 aliphatic rings. The Hall–Kier alpha value is -2.09. The van der Waals surface area contributed by atoms with Crippen LogP contribution in [0, 0.1) is 5.92 Å². The normalized spacial score (nSPS) is 23.8. The van der Waals surface area contributed by atoms with E-state index in [-0.39, 0.29) is 17.9 Å². The predicted molar refractivity (Wildman–Crippen MR) is 118 cm³/mol. The lowest BCUT2D eigenvalue weighted by atomic mass is 9.85. The molecule has 1 saturated heterocycles. The van der Waals surface area contributed by atoms with Gasteiger partial charge in [-0.3, -0.25) is 14.5 Å². The first kappa shape index (κ1) is 20.2. The smallest absolute Gasteiger partial charge is 0.306 e. The molecule has 1 aliphatic heterocycles. The van der Waals surface area contributed by atoms with Crippen molar-refractivity contribution in [1.29, 1.82) is 0 Å². The Balaban J connectivity index is 1.50. The monoisotopic (exact) mass is 447 g/mol. The fourth-order valence-electron chi connectivity index (χ4n) is 3.74. The number of carboxylic acids is 1. The maximum Gasteiger partial charge on any atom is 0.306 e. The number of hydrogen-bond acceptors (Lipinski definition) is 5. The Kier molecular flexibility index (Phi) is 5.81. The van der Waals surface area contributed by atoms with E-state index in [0.29, 0.717) is 51.5 Å². The number of carbonyl (C=O) groups is 2. The SMILES string of the molecule is O=C(O)C1CCC(N2C(=O)/C(=C\c3ccc(-c4ccccc4Cl)o3)SC2=S)CC1. The van der Waals surface area contributed by atoms with Crippen molar-refractivity contribution in [2.45, 2.75) is 31.7 Å². The number of benzene rings is 1. The molecule has 0 bridgehead atoms. The molecule has 0 atom stereocenters. The second-order valence-electron chi connectivity index (χ2n) is 7.08. The van der Waals surface area contributed by atoms with Gasteiger partial charge in [-0.1, -0.05) is 47.7 Å². The molecule has 2 heterocycles. The number of halogens is 1. The van der Waals surface area contributed by atoms with Crippen LogP contribution in [0.1, 0.15) is 31.4 Å². The molecule has 1 aliphatic carbocycles. The van der Waals surface area contributed by atoms with Crippen molar-refractivity contribution < 1.29 is 19.1 Å². The van der Waals surface area contributed by atoms with Gasteiger partial charge in [0.2, 0.25) is 0 Å². The Morgan fingerprint density at radius 1 is 1.21 bits per heavy atom. The van der Waals surface area contributed by atoms with Gasteiger partial charge in [0.25, 0.3) is 5.91 Å². The van der Waals surface area contributed by atoms with Gasteiger partial charge in [0.15, 0.2) is 0 Å². The van der Waals surface area contributed by atoms with Crippen molar-refractivity contribution in [3.05, 3.63) is 52.1 Å². The van der Waals surface area contributed by atoms with Gasteiger partial charge >= 0.3 is 5.97 Å². The highest BCUT2D eigenvalue weighted by Gasteiger charge is 2.39. The Bertz CT molecular complexity index is 1010. The van der Waals surface area contributed by atoms with Crippen molar-refractivity contribution in [1.82, 2.24) is 4.90 Å². The largest absolute Gasteiger partial charge is 0.481 e. The first-order valence-corrected chi connectivity index (χ1v) is 10.9. The van der Waals surface area contributed by atoms with E-state index >= 15 is 0 Å². The third-order valence-corrected chi connectivity index (χ3v) is 6.93. The molecule has 29 heavy (non-hydrogen) atoms. The number of thiocarbonyl (C=S) groups is 1. The van der Waals surface area contributed by atoms with Crippen LogP contribution in [0.2, 0.25) is 5.02 Å². The maximum absolute atomic E-state index is 12.9. The van der Waals surface area contributed by atoms with Gasteiger partial charge in [0.05, 0.1) is 15.8 Å². The molecule has 0 spiro atoms. The second-order valence-corrected chi connectivity index (χ2v) is 9.16. The van der Waals surface area contributed by atoms with Crippen LogP contribution in [0.5, 0.6) is 0 Å². The summed E-state index contributed by atoms with van der Waals surface area (Å²) in [6, 6.07) is 11.0. The molecule has 4 rings (SSSR count). The van der Waals surface area contributed by atoms with E-state index in [4.69, 9.17) is 33.3 Å². The molecule has 0 radical (unpaired) electrons. The van der Waals surface area contributed by atoms with E-state index in [1.807, 2.05) is 24.3 Å². The lowest BCUT2D eigenvalue weighted by Gasteiger charge is -2.32. The lowest BCUT2D eigenvalue weighted by Crippen LogP contribution is -2.41. The minimum atomic E-state index is -0.763. The van der Waals surface area contributed by atoms with E-state index in [1.54, 1.807) is 23.1 Å². The molecule has 1 amide bonds. The van der Waals surface area contributed by atoms with E-state index in [2.05, 4.69) is 0 Å². The fraction of sp³-hybridized carbons (Fsp3) is 0.286. The molecule has 1 aromatic carbocycles. The van der Waals surface area contributed by atoms with Crippen molar-refractivity contribution >= 4 is 57.9 Å². The average Bonchev–Trinajstić information content (AvgIpc) is 3.27. The molecular formula is C21H18ClNO4S2. The zero-order valence-corrected chi connectivity index (χ0v) is 17.7. The van der Waals surface area contributed by atoms with Gasteiger partial charge in [-0.15, -0.1) is 0 Å².